The second kappa shape index (κ2) is 10.1. The zero-order chi connectivity index (χ0) is 27.1. The number of carbonyl (C=O) groups is 1. The van der Waals surface area contributed by atoms with Crippen molar-refractivity contribution in [3.05, 3.63) is 51.7 Å². The fourth-order valence-corrected chi connectivity index (χ4v) is 5.99. The van der Waals surface area contributed by atoms with Crippen LogP contribution in [-0.4, -0.2) is 52.4 Å². The molecule has 0 saturated heterocycles. The van der Waals surface area contributed by atoms with Crippen LogP contribution in [0.25, 0.3) is 4.96 Å². The molecular formula is C22H24ClF3N6O3S2. The summed E-state index contributed by atoms with van der Waals surface area (Å²) >= 11 is 7.34. The van der Waals surface area contributed by atoms with Gasteiger partial charge in [-0.15, -0.1) is 0 Å². The average molecular weight is 577 g/mol. The van der Waals surface area contributed by atoms with Crippen LogP contribution >= 0.6 is 22.9 Å². The van der Waals surface area contributed by atoms with Crippen molar-refractivity contribution in [2.24, 2.45) is 11.0 Å². The zero-order valence-electron chi connectivity index (χ0n) is 20.1. The summed E-state index contributed by atoms with van der Waals surface area (Å²) in [6.45, 7) is 4.86. The number of anilines is 1. The summed E-state index contributed by atoms with van der Waals surface area (Å²) < 4.78 is 65.9. The Morgan fingerprint density at radius 2 is 1.89 bits per heavy atom. The van der Waals surface area contributed by atoms with Gasteiger partial charge in [0.2, 0.25) is 0 Å². The fraction of sp³-hybridized carbons (Fsp3) is 0.409. The molecule has 9 nitrogen and oxygen atoms in total. The maximum absolute atomic E-state index is 13.1. The SMILES string of the molecule is CCc1nc2sc(Cl)cn2c1C(=O)NCc1ccc(N2CCN(S(=O)(=O)C(F)(F)F)C(C(C)C)=N2)cc1. The quantitative estimate of drug-likeness (QED) is 0.447. The molecule has 4 rings (SSSR count). The Balaban J connectivity index is 1.48. The van der Waals surface area contributed by atoms with E-state index in [-0.39, 0.29) is 31.4 Å². The zero-order valence-corrected chi connectivity index (χ0v) is 22.5. The molecule has 0 radical (unpaired) electrons. The van der Waals surface area contributed by atoms with Crippen LogP contribution in [-0.2, 0) is 23.0 Å². The Morgan fingerprint density at radius 1 is 1.22 bits per heavy atom. The minimum absolute atomic E-state index is 0.0538. The highest BCUT2D eigenvalue weighted by molar-refractivity contribution is 7.90. The highest BCUT2D eigenvalue weighted by Gasteiger charge is 2.52. The molecule has 1 N–H and O–H groups in total. The van der Waals surface area contributed by atoms with E-state index in [2.05, 4.69) is 15.4 Å². The second-order valence-corrected chi connectivity index (χ2v) is 12.1. The van der Waals surface area contributed by atoms with Crippen molar-refractivity contribution < 1.29 is 26.4 Å². The number of amides is 1. The minimum atomic E-state index is -5.54. The molecule has 1 amide bonds. The maximum Gasteiger partial charge on any atom is 0.516 e. The highest BCUT2D eigenvalue weighted by Crippen LogP contribution is 2.31. The molecule has 37 heavy (non-hydrogen) atoms. The Hall–Kier alpha value is -2.84. The lowest BCUT2D eigenvalue weighted by Crippen LogP contribution is -2.52. The van der Waals surface area contributed by atoms with E-state index in [1.54, 1.807) is 48.7 Å². The average Bonchev–Trinajstić information content (AvgIpc) is 3.37. The summed E-state index contributed by atoms with van der Waals surface area (Å²) in [7, 11) is -5.54. The van der Waals surface area contributed by atoms with E-state index < -0.39 is 21.4 Å². The summed E-state index contributed by atoms with van der Waals surface area (Å²) in [5.41, 5.74) is -2.95. The van der Waals surface area contributed by atoms with Gasteiger partial charge in [-0.05, 0) is 24.1 Å². The van der Waals surface area contributed by atoms with E-state index in [1.807, 2.05) is 6.92 Å². The molecule has 200 valence electrons. The second-order valence-electron chi connectivity index (χ2n) is 8.56. The van der Waals surface area contributed by atoms with Crippen LogP contribution < -0.4 is 10.3 Å². The van der Waals surface area contributed by atoms with E-state index in [4.69, 9.17) is 11.6 Å². The van der Waals surface area contributed by atoms with Gasteiger partial charge in [0.15, 0.2) is 4.96 Å². The number of aromatic nitrogens is 2. The number of nitrogens with one attached hydrogen (secondary N) is 1. The number of imidazole rings is 1. The van der Waals surface area contributed by atoms with Gasteiger partial charge in [0.05, 0.1) is 24.5 Å². The molecule has 3 aromatic rings. The van der Waals surface area contributed by atoms with E-state index in [9.17, 15) is 26.4 Å². The van der Waals surface area contributed by atoms with Gasteiger partial charge < -0.3 is 5.32 Å². The van der Waals surface area contributed by atoms with Crippen molar-refractivity contribution >= 4 is 55.4 Å². The first-order chi connectivity index (χ1) is 17.3. The first kappa shape index (κ1) is 27.2. The first-order valence-corrected chi connectivity index (χ1v) is 13.9. The van der Waals surface area contributed by atoms with Crippen LogP contribution in [0.15, 0.2) is 35.6 Å². The van der Waals surface area contributed by atoms with Crippen LogP contribution in [0, 0.1) is 5.92 Å². The summed E-state index contributed by atoms with van der Waals surface area (Å²) in [4.78, 5) is 18.0. The van der Waals surface area contributed by atoms with Crippen molar-refractivity contribution in [1.29, 1.82) is 0 Å². The van der Waals surface area contributed by atoms with Crippen LogP contribution in [0.4, 0.5) is 18.9 Å². The number of halogens is 4. The first-order valence-electron chi connectivity index (χ1n) is 11.3. The largest absolute Gasteiger partial charge is 0.516 e. The minimum Gasteiger partial charge on any atom is -0.347 e. The smallest absolute Gasteiger partial charge is 0.347 e. The number of nitrogens with zero attached hydrogens (tertiary/aromatic N) is 5. The third-order valence-electron chi connectivity index (χ3n) is 5.70. The monoisotopic (exact) mass is 576 g/mol. The molecule has 0 spiro atoms. The van der Waals surface area contributed by atoms with Gasteiger partial charge in [-0.25, -0.2) is 9.29 Å². The van der Waals surface area contributed by atoms with E-state index >= 15 is 0 Å². The number of aryl methyl sites for hydroxylation is 1. The highest BCUT2D eigenvalue weighted by atomic mass is 35.5. The predicted molar refractivity (Wildman–Crippen MR) is 136 cm³/mol. The molecule has 3 heterocycles. The third kappa shape index (κ3) is 5.27. The number of rotatable bonds is 7. The van der Waals surface area contributed by atoms with Crippen molar-refractivity contribution in [2.75, 3.05) is 18.1 Å². The van der Waals surface area contributed by atoms with Gasteiger partial charge in [-0.2, -0.15) is 26.7 Å². The molecule has 2 aromatic heterocycles. The molecular weight excluding hydrogens is 553 g/mol. The van der Waals surface area contributed by atoms with Crippen molar-refractivity contribution in [2.45, 2.75) is 39.2 Å². The number of hydrogen-bond donors (Lipinski definition) is 1. The summed E-state index contributed by atoms with van der Waals surface area (Å²) in [6, 6.07) is 6.94. The Kier molecular flexibility index (Phi) is 7.45. The number of benzene rings is 1. The molecule has 1 aliphatic rings. The lowest BCUT2D eigenvalue weighted by molar-refractivity contribution is -0.0473. The van der Waals surface area contributed by atoms with Gasteiger partial charge in [0.25, 0.3) is 5.91 Å². The van der Waals surface area contributed by atoms with Crippen LogP contribution in [0.1, 0.15) is 42.5 Å². The molecule has 0 saturated carbocycles. The maximum atomic E-state index is 13.1. The fourth-order valence-electron chi connectivity index (χ4n) is 3.88. The summed E-state index contributed by atoms with van der Waals surface area (Å²) in [5, 5.41) is 8.55. The molecule has 0 fully saturated rings. The number of hydrazone groups is 1. The Morgan fingerprint density at radius 3 is 2.49 bits per heavy atom. The van der Waals surface area contributed by atoms with Crippen molar-refractivity contribution in [3.8, 4) is 0 Å². The topological polar surface area (TPSA) is 99.4 Å². The summed E-state index contributed by atoms with van der Waals surface area (Å²) in [6.07, 6.45) is 2.24. The number of sulfonamides is 1. The van der Waals surface area contributed by atoms with Gasteiger partial charge >= 0.3 is 15.5 Å². The van der Waals surface area contributed by atoms with E-state index in [0.29, 0.717) is 37.1 Å². The molecule has 0 atom stereocenters. The number of hydrogen-bond acceptors (Lipinski definition) is 7. The number of thiazole rings is 1. The van der Waals surface area contributed by atoms with Gasteiger partial charge in [-0.3, -0.25) is 14.2 Å². The Bertz CT molecular complexity index is 1450. The Labute approximate surface area is 220 Å². The number of fused-ring (bicyclic) bond motifs is 1. The van der Waals surface area contributed by atoms with Gasteiger partial charge in [0.1, 0.15) is 15.9 Å². The van der Waals surface area contributed by atoms with Crippen molar-refractivity contribution in [3.63, 3.8) is 0 Å². The lowest BCUT2D eigenvalue weighted by Gasteiger charge is -2.35. The third-order valence-corrected chi connectivity index (χ3v) is 8.34. The van der Waals surface area contributed by atoms with E-state index in [1.165, 1.54) is 16.3 Å². The van der Waals surface area contributed by atoms with Gasteiger partial charge in [0, 0.05) is 18.7 Å². The van der Waals surface area contributed by atoms with Crippen LogP contribution in [0.3, 0.4) is 0 Å². The van der Waals surface area contributed by atoms with Crippen LogP contribution in [0.2, 0.25) is 4.34 Å². The molecule has 1 aromatic carbocycles. The van der Waals surface area contributed by atoms with Crippen LogP contribution in [0.5, 0.6) is 0 Å². The molecule has 15 heteroatoms. The van der Waals surface area contributed by atoms with Gasteiger partial charge in [-0.1, -0.05) is 55.8 Å². The standard InChI is InChI=1S/C22H24ClF3N6O3S2/c1-4-16-18(30-12-17(23)36-21(30)28-16)20(33)27-11-14-5-7-15(8-6-14)31-9-10-32(19(29-31)13(2)3)37(34,35)22(24,25)26/h5-8,12-13H,4,9-11H2,1-3H3,(H,27,33). The molecule has 1 aliphatic heterocycles. The predicted octanol–water partition coefficient (Wildman–Crippen LogP) is 4.48. The molecule has 0 bridgehead atoms. The lowest BCUT2D eigenvalue weighted by atomic mass is 10.1. The molecule has 0 aliphatic carbocycles. The summed E-state index contributed by atoms with van der Waals surface area (Å²) in [5.74, 6) is -1.04. The number of amidine groups is 1. The van der Waals surface area contributed by atoms with Crippen molar-refractivity contribution in [1.82, 2.24) is 19.0 Å². The number of carbonyl (C=O) groups excluding carboxylic acids is 1. The number of alkyl halides is 3. The van der Waals surface area contributed by atoms with E-state index in [0.717, 1.165) is 5.56 Å². The normalized spacial score (nSPS) is 15.0. The molecule has 0 unspecified atom stereocenters.